The van der Waals surface area contributed by atoms with E-state index in [4.69, 9.17) is 0 Å². The minimum Gasteiger partial charge on any atom is -0.309 e. The van der Waals surface area contributed by atoms with E-state index in [1.807, 2.05) is 0 Å². The Morgan fingerprint density at radius 2 is 0.487 bits per heavy atom. The minimum atomic E-state index is 1.13. The van der Waals surface area contributed by atoms with Crippen LogP contribution in [0.25, 0.3) is 0 Å². The predicted molar refractivity (Wildman–Crippen MR) is 165 cm³/mol. The van der Waals surface area contributed by atoms with Crippen LogP contribution >= 0.6 is 0 Å². The van der Waals surface area contributed by atoms with Gasteiger partial charge in [0.2, 0.25) is 0 Å². The quantitative estimate of drug-likeness (QED) is 0.191. The Morgan fingerprint density at radius 1 is 0.256 bits per heavy atom. The summed E-state index contributed by atoms with van der Waals surface area (Å²) >= 11 is 0. The molecule has 0 atom stereocenters. The third kappa shape index (κ3) is 5.56. The van der Waals surface area contributed by atoms with Crippen molar-refractivity contribution in [2.45, 2.75) is 0 Å². The summed E-state index contributed by atoms with van der Waals surface area (Å²) < 4.78 is 0. The third-order valence-electron chi connectivity index (χ3n) is 6.69. The molecule has 0 N–H and O–H groups in total. The first kappa shape index (κ1) is 24.1. The number of para-hydroxylation sites is 4. The molecule has 6 aromatic rings. The van der Waals surface area contributed by atoms with Gasteiger partial charge in [-0.2, -0.15) is 0 Å². The third-order valence-corrected chi connectivity index (χ3v) is 6.69. The van der Waals surface area contributed by atoms with Gasteiger partial charge in [0.25, 0.3) is 0 Å². The summed E-state index contributed by atoms with van der Waals surface area (Å²) in [6.45, 7) is 0. The van der Waals surface area contributed by atoms with Crippen LogP contribution in [0.15, 0.2) is 170 Å². The largest absolute Gasteiger partial charge is 0.309 e. The summed E-state index contributed by atoms with van der Waals surface area (Å²) in [5, 5.41) is 0. The normalized spacial score (nSPS) is 10.6. The molecule has 0 amide bonds. The van der Waals surface area contributed by atoms with Crippen LogP contribution in [-0.4, -0.2) is 0 Å². The summed E-state index contributed by atoms with van der Waals surface area (Å²) in [7, 11) is 0. The summed E-state index contributed by atoms with van der Waals surface area (Å²) in [6, 6.07) is 59.4. The molecule has 6 rings (SSSR count). The van der Waals surface area contributed by atoms with Crippen LogP contribution in [0.5, 0.6) is 0 Å². The van der Waals surface area contributed by atoms with Gasteiger partial charge in [-0.05, 0) is 72.8 Å². The molecule has 6 aromatic carbocycles. The zero-order valence-corrected chi connectivity index (χ0v) is 21.6. The predicted octanol–water partition coefficient (Wildman–Crippen LogP) is 10.2. The first-order valence-electron chi connectivity index (χ1n) is 13.2. The Hall–Kier alpha value is -5.21. The van der Waals surface area contributed by atoms with Gasteiger partial charge in [-0.3, -0.25) is 0 Å². The maximum Gasteiger partial charge on any atom is 0.0727 e. The van der Waals surface area contributed by atoms with Gasteiger partial charge in [-0.25, -0.2) is 0 Å². The van der Waals surface area contributed by atoms with Gasteiger partial charge in [0, 0.05) is 53.4 Å². The van der Waals surface area contributed by atoms with Gasteiger partial charge in [0.05, 0.1) is 22.5 Å². The van der Waals surface area contributed by atoms with Gasteiger partial charge < -0.3 is 9.80 Å². The van der Waals surface area contributed by atoms with Crippen LogP contribution in [0, 0.1) is 6.42 Å². The molecule has 0 fully saturated rings. The molecule has 0 aliphatic heterocycles. The summed E-state index contributed by atoms with van der Waals surface area (Å²) in [5.41, 5.74) is 9.12. The van der Waals surface area contributed by atoms with Crippen LogP contribution < -0.4 is 9.80 Å². The molecule has 186 valence electrons. The smallest absolute Gasteiger partial charge is 0.0727 e. The van der Waals surface area contributed by atoms with Crippen LogP contribution in [0.2, 0.25) is 0 Å². The van der Waals surface area contributed by atoms with E-state index in [0.717, 1.165) is 45.3 Å². The van der Waals surface area contributed by atoms with Crippen molar-refractivity contribution < 1.29 is 0 Å². The number of hydrogen-bond acceptors (Lipinski definition) is 2. The highest BCUT2D eigenvalue weighted by atomic mass is 15.1. The molecule has 0 radical (unpaired) electrons. The lowest BCUT2D eigenvalue weighted by Crippen LogP contribution is -2.09. The van der Waals surface area contributed by atoms with E-state index in [9.17, 15) is 0 Å². The molecular weight excluding hydrogens is 472 g/mol. The number of benzene rings is 6. The molecule has 2 nitrogen and oxygen atoms in total. The number of rotatable bonds is 8. The van der Waals surface area contributed by atoms with Crippen LogP contribution in [-0.2, 0) is 0 Å². The first-order valence-corrected chi connectivity index (χ1v) is 13.2. The molecule has 0 aliphatic rings. The molecule has 0 spiro atoms. The average molecular weight is 502 g/mol. The molecule has 0 aliphatic carbocycles. The Morgan fingerprint density at radius 3 is 0.744 bits per heavy atom. The molecule has 0 unspecified atom stereocenters. The summed E-state index contributed by atoms with van der Waals surface area (Å²) in [5.74, 6) is 0. The van der Waals surface area contributed by atoms with Crippen LogP contribution in [0.3, 0.4) is 0 Å². The number of hydrogen-bond donors (Lipinski definition) is 0. The Bertz CT molecular complexity index is 1380. The fraction of sp³-hybridized carbons (Fsp3) is 0. The molecule has 0 saturated carbocycles. The lowest BCUT2D eigenvalue weighted by Gasteiger charge is -2.25. The lowest BCUT2D eigenvalue weighted by atomic mass is 10.0. The SMILES string of the molecule is c1ccc(N(c2ccccc2)c2ccc([CH+]c3ccc(N(c4ccccc4)c4ccccc4)cc3)cc2)cc1. The van der Waals surface area contributed by atoms with E-state index in [0.29, 0.717) is 0 Å². The first-order chi connectivity index (χ1) is 19.3. The molecular formula is C37H29N2+. The van der Waals surface area contributed by atoms with Gasteiger partial charge in [0.1, 0.15) is 0 Å². The maximum absolute atomic E-state index is 2.28. The molecule has 0 aromatic heterocycles. The fourth-order valence-corrected chi connectivity index (χ4v) is 4.83. The highest BCUT2D eigenvalue weighted by Gasteiger charge is 2.15. The average Bonchev–Trinajstić information content (AvgIpc) is 3.01. The molecule has 0 saturated heterocycles. The highest BCUT2D eigenvalue weighted by molar-refractivity contribution is 5.77. The monoisotopic (exact) mass is 501 g/mol. The van der Waals surface area contributed by atoms with Crippen molar-refractivity contribution in [3.8, 4) is 0 Å². The Balaban J connectivity index is 1.24. The topological polar surface area (TPSA) is 6.48 Å². The van der Waals surface area contributed by atoms with E-state index in [1.165, 1.54) is 0 Å². The standard InChI is InChI=1S/C37H29N2/c1-5-13-32(14-6-1)38(33-15-7-2-8-16-33)36-25-21-30(22-26-36)29-31-23-27-37(28-24-31)39(34-17-9-3-10-18-34)35-19-11-4-12-20-35/h1-29H/q+1. The van der Waals surface area contributed by atoms with Crippen molar-refractivity contribution in [1.82, 2.24) is 0 Å². The molecule has 39 heavy (non-hydrogen) atoms. The van der Waals surface area contributed by atoms with E-state index >= 15 is 0 Å². The Kier molecular flexibility index (Phi) is 7.09. The summed E-state index contributed by atoms with van der Waals surface area (Å²) in [4.78, 5) is 4.56. The lowest BCUT2D eigenvalue weighted by molar-refractivity contribution is 1.27. The van der Waals surface area contributed by atoms with Gasteiger partial charge in [-0.1, -0.05) is 72.8 Å². The number of anilines is 6. The van der Waals surface area contributed by atoms with E-state index in [-0.39, 0.29) is 0 Å². The molecule has 0 bridgehead atoms. The van der Waals surface area contributed by atoms with Gasteiger partial charge >= 0.3 is 0 Å². The molecule has 2 heteroatoms. The second kappa shape index (κ2) is 11.5. The van der Waals surface area contributed by atoms with Crippen molar-refractivity contribution in [2.75, 3.05) is 9.80 Å². The number of nitrogens with zero attached hydrogens (tertiary/aromatic N) is 2. The van der Waals surface area contributed by atoms with Crippen molar-refractivity contribution in [3.05, 3.63) is 187 Å². The molecule has 0 heterocycles. The van der Waals surface area contributed by atoms with Crippen molar-refractivity contribution in [2.24, 2.45) is 0 Å². The minimum absolute atomic E-state index is 1.13. The Labute approximate surface area is 231 Å². The van der Waals surface area contributed by atoms with Crippen molar-refractivity contribution >= 4 is 34.1 Å². The second-order valence-corrected chi connectivity index (χ2v) is 9.34. The van der Waals surface area contributed by atoms with Gasteiger partial charge in [0.15, 0.2) is 0 Å². The van der Waals surface area contributed by atoms with E-state index < -0.39 is 0 Å². The second-order valence-electron chi connectivity index (χ2n) is 9.34. The van der Waals surface area contributed by atoms with Crippen LogP contribution in [0.1, 0.15) is 11.1 Å². The van der Waals surface area contributed by atoms with Gasteiger partial charge in [-0.15, -0.1) is 0 Å². The fourth-order valence-electron chi connectivity index (χ4n) is 4.83. The highest BCUT2D eigenvalue weighted by Crippen LogP contribution is 2.36. The van der Waals surface area contributed by atoms with Crippen molar-refractivity contribution in [1.29, 1.82) is 0 Å². The van der Waals surface area contributed by atoms with E-state index in [2.05, 4.69) is 186 Å². The maximum atomic E-state index is 2.28. The van der Waals surface area contributed by atoms with E-state index in [1.54, 1.807) is 0 Å². The van der Waals surface area contributed by atoms with Crippen LogP contribution in [0.4, 0.5) is 34.1 Å². The summed E-state index contributed by atoms with van der Waals surface area (Å²) in [6.07, 6.45) is 2.22. The van der Waals surface area contributed by atoms with Crippen molar-refractivity contribution in [3.63, 3.8) is 0 Å². The zero-order valence-electron chi connectivity index (χ0n) is 21.6. The zero-order chi connectivity index (χ0) is 26.3.